The summed E-state index contributed by atoms with van der Waals surface area (Å²) in [5, 5.41) is 9.06. The number of hydrogen-bond donors (Lipinski definition) is 2. The van der Waals surface area contributed by atoms with Gasteiger partial charge in [-0.15, -0.1) is 0 Å². The van der Waals surface area contributed by atoms with Crippen LogP contribution in [0.5, 0.6) is 5.75 Å². The number of rotatable bonds is 2. The molecular formula is C11H12ClNO2. The Bertz CT molecular complexity index is 407. The van der Waals surface area contributed by atoms with Crippen LogP contribution in [0.15, 0.2) is 12.1 Å². The number of halogens is 1. The number of nitrogen functional groups attached to an aromatic ring is 1. The molecule has 0 heterocycles. The van der Waals surface area contributed by atoms with Gasteiger partial charge < -0.3 is 15.6 Å². The molecule has 0 radical (unpaired) electrons. The second-order valence-corrected chi connectivity index (χ2v) is 3.26. The summed E-state index contributed by atoms with van der Waals surface area (Å²) < 4.78 is 5.05. The van der Waals surface area contributed by atoms with Crippen molar-refractivity contribution in [3.8, 4) is 17.6 Å². The van der Waals surface area contributed by atoms with Crippen LogP contribution in [0.4, 0.5) is 5.69 Å². The average molecular weight is 226 g/mol. The minimum absolute atomic E-state index is 0.0384. The van der Waals surface area contributed by atoms with E-state index in [1.807, 2.05) is 0 Å². The Hall–Kier alpha value is -1.37. The van der Waals surface area contributed by atoms with Crippen LogP contribution in [0.2, 0.25) is 5.02 Å². The molecule has 15 heavy (non-hydrogen) atoms. The molecule has 1 rings (SSSR count). The Morgan fingerprint density at radius 3 is 2.87 bits per heavy atom. The van der Waals surface area contributed by atoms with Crippen LogP contribution in [-0.2, 0) is 0 Å². The van der Waals surface area contributed by atoms with E-state index in [-0.39, 0.29) is 6.61 Å². The number of hydrogen-bond acceptors (Lipinski definition) is 3. The van der Waals surface area contributed by atoms with Gasteiger partial charge >= 0.3 is 0 Å². The lowest BCUT2D eigenvalue weighted by atomic mass is 10.2. The highest BCUT2D eigenvalue weighted by atomic mass is 35.5. The lowest BCUT2D eigenvalue weighted by molar-refractivity contribution is 0.305. The van der Waals surface area contributed by atoms with Gasteiger partial charge in [0, 0.05) is 12.0 Å². The first kappa shape index (κ1) is 11.7. The summed E-state index contributed by atoms with van der Waals surface area (Å²) in [5.74, 6) is 6.17. The van der Waals surface area contributed by atoms with E-state index in [0.29, 0.717) is 28.4 Å². The molecule has 0 aliphatic heterocycles. The second kappa shape index (κ2) is 5.50. The van der Waals surface area contributed by atoms with Gasteiger partial charge in [-0.05, 0) is 12.1 Å². The number of methoxy groups -OCH3 is 1. The van der Waals surface area contributed by atoms with E-state index < -0.39 is 0 Å². The van der Waals surface area contributed by atoms with Crippen LogP contribution in [0.3, 0.4) is 0 Å². The molecule has 0 saturated heterocycles. The van der Waals surface area contributed by atoms with Gasteiger partial charge in [-0.3, -0.25) is 0 Å². The topological polar surface area (TPSA) is 55.5 Å². The van der Waals surface area contributed by atoms with Crippen molar-refractivity contribution < 1.29 is 9.84 Å². The van der Waals surface area contributed by atoms with Gasteiger partial charge in [-0.2, -0.15) is 0 Å². The Kier molecular flexibility index (Phi) is 4.29. The molecule has 0 aliphatic carbocycles. The van der Waals surface area contributed by atoms with Crippen molar-refractivity contribution in [3.63, 3.8) is 0 Å². The van der Waals surface area contributed by atoms with Crippen LogP contribution in [-0.4, -0.2) is 18.8 Å². The van der Waals surface area contributed by atoms with Gasteiger partial charge in [0.2, 0.25) is 0 Å². The summed E-state index contributed by atoms with van der Waals surface area (Å²) in [6.07, 6.45) is 0.420. The molecule has 0 spiro atoms. The number of aliphatic hydroxyl groups is 1. The number of nitrogens with two attached hydrogens (primary N) is 1. The van der Waals surface area contributed by atoms with Crippen molar-refractivity contribution in [1.29, 1.82) is 0 Å². The standard InChI is InChI=1S/C11H12ClNO2/c1-15-11-6-8(4-2-3-5-14)9(12)7-10(11)13/h6-7,14H,3,5,13H2,1H3. The van der Waals surface area contributed by atoms with E-state index in [2.05, 4.69) is 11.8 Å². The fourth-order valence-corrected chi connectivity index (χ4v) is 1.27. The molecule has 0 atom stereocenters. The van der Waals surface area contributed by atoms with Gasteiger partial charge in [0.05, 0.1) is 24.4 Å². The number of benzene rings is 1. The molecule has 4 heteroatoms. The molecule has 80 valence electrons. The van der Waals surface area contributed by atoms with E-state index in [9.17, 15) is 0 Å². The van der Waals surface area contributed by atoms with Gasteiger partial charge in [0.15, 0.2) is 0 Å². The SMILES string of the molecule is COc1cc(C#CCCO)c(Cl)cc1N. The first-order valence-electron chi connectivity index (χ1n) is 4.41. The highest BCUT2D eigenvalue weighted by molar-refractivity contribution is 6.32. The van der Waals surface area contributed by atoms with Crippen molar-refractivity contribution in [2.45, 2.75) is 6.42 Å². The maximum Gasteiger partial charge on any atom is 0.143 e. The summed E-state index contributed by atoms with van der Waals surface area (Å²) in [4.78, 5) is 0. The number of ether oxygens (including phenoxy) is 1. The molecule has 1 aromatic rings. The quantitative estimate of drug-likeness (QED) is 0.595. The molecular weight excluding hydrogens is 214 g/mol. The summed E-state index contributed by atoms with van der Waals surface area (Å²) >= 11 is 5.94. The van der Waals surface area contributed by atoms with Crippen molar-refractivity contribution in [2.24, 2.45) is 0 Å². The van der Waals surface area contributed by atoms with Crippen LogP contribution in [0, 0.1) is 11.8 Å². The zero-order chi connectivity index (χ0) is 11.3. The third kappa shape index (κ3) is 3.05. The Labute approximate surface area is 93.8 Å². The molecule has 3 N–H and O–H groups in total. The molecule has 0 aliphatic rings. The Morgan fingerprint density at radius 2 is 2.27 bits per heavy atom. The molecule has 1 aromatic carbocycles. The van der Waals surface area contributed by atoms with E-state index in [1.54, 1.807) is 12.1 Å². The molecule has 0 bridgehead atoms. The van der Waals surface area contributed by atoms with Gasteiger partial charge in [0.1, 0.15) is 5.75 Å². The van der Waals surface area contributed by atoms with Crippen molar-refractivity contribution >= 4 is 17.3 Å². The van der Waals surface area contributed by atoms with Crippen LogP contribution >= 0.6 is 11.6 Å². The van der Waals surface area contributed by atoms with Crippen molar-refractivity contribution in [1.82, 2.24) is 0 Å². The predicted molar refractivity (Wildman–Crippen MR) is 61.0 cm³/mol. The monoisotopic (exact) mass is 225 g/mol. The lowest BCUT2D eigenvalue weighted by Crippen LogP contribution is -1.93. The predicted octanol–water partition coefficient (Wildman–Crippen LogP) is 1.66. The fourth-order valence-electron chi connectivity index (χ4n) is 1.05. The Balaban J connectivity index is 3.04. The number of anilines is 1. The maximum absolute atomic E-state index is 8.58. The molecule has 3 nitrogen and oxygen atoms in total. The largest absolute Gasteiger partial charge is 0.495 e. The van der Waals surface area contributed by atoms with E-state index in [0.717, 1.165) is 0 Å². The van der Waals surface area contributed by atoms with Crippen LogP contribution in [0.25, 0.3) is 0 Å². The van der Waals surface area contributed by atoms with Gasteiger partial charge in [-0.1, -0.05) is 23.4 Å². The maximum atomic E-state index is 8.58. The normalized spacial score (nSPS) is 9.27. The summed E-state index contributed by atoms with van der Waals surface area (Å²) in [5.41, 5.74) is 6.79. The molecule has 0 saturated carbocycles. The van der Waals surface area contributed by atoms with E-state index in [1.165, 1.54) is 7.11 Å². The lowest BCUT2D eigenvalue weighted by Gasteiger charge is -2.05. The zero-order valence-electron chi connectivity index (χ0n) is 8.38. The smallest absolute Gasteiger partial charge is 0.143 e. The third-order valence-electron chi connectivity index (χ3n) is 1.78. The average Bonchev–Trinajstić information content (AvgIpc) is 2.21. The fraction of sp³-hybridized carbons (Fsp3) is 0.273. The summed E-state index contributed by atoms with van der Waals surface area (Å²) in [6, 6.07) is 3.28. The Morgan fingerprint density at radius 1 is 1.53 bits per heavy atom. The third-order valence-corrected chi connectivity index (χ3v) is 2.09. The van der Waals surface area contributed by atoms with E-state index in [4.69, 9.17) is 27.2 Å². The van der Waals surface area contributed by atoms with Gasteiger partial charge in [0.25, 0.3) is 0 Å². The van der Waals surface area contributed by atoms with Gasteiger partial charge in [-0.25, -0.2) is 0 Å². The highest BCUT2D eigenvalue weighted by Gasteiger charge is 2.04. The molecule has 0 fully saturated rings. The van der Waals surface area contributed by atoms with Crippen molar-refractivity contribution in [3.05, 3.63) is 22.7 Å². The molecule has 0 unspecified atom stereocenters. The summed E-state index contributed by atoms with van der Waals surface area (Å²) in [7, 11) is 1.53. The number of aliphatic hydroxyl groups excluding tert-OH is 1. The molecule has 0 amide bonds. The van der Waals surface area contributed by atoms with Crippen LogP contribution in [0.1, 0.15) is 12.0 Å². The van der Waals surface area contributed by atoms with E-state index >= 15 is 0 Å². The zero-order valence-corrected chi connectivity index (χ0v) is 9.14. The first-order valence-corrected chi connectivity index (χ1v) is 4.79. The summed E-state index contributed by atoms with van der Waals surface area (Å²) in [6.45, 7) is 0.0384. The second-order valence-electron chi connectivity index (χ2n) is 2.85. The molecule has 0 aromatic heterocycles. The minimum Gasteiger partial charge on any atom is -0.495 e. The highest BCUT2D eigenvalue weighted by Crippen LogP contribution is 2.28. The first-order chi connectivity index (χ1) is 7.19. The van der Waals surface area contributed by atoms with Crippen LogP contribution < -0.4 is 10.5 Å². The minimum atomic E-state index is 0.0384. The van der Waals surface area contributed by atoms with Crippen molar-refractivity contribution in [2.75, 3.05) is 19.5 Å².